The Balaban J connectivity index is 2.53. The Hall–Kier alpha value is -0.480. The maximum absolute atomic E-state index is 4.44. The molecule has 0 radical (unpaired) electrons. The molecule has 92 valence electrons. The van der Waals surface area contributed by atoms with Crippen LogP contribution in [0.3, 0.4) is 0 Å². The third kappa shape index (κ3) is 3.83. The number of nitrogens with zero attached hydrogens (tertiary/aromatic N) is 2. The lowest BCUT2D eigenvalue weighted by Crippen LogP contribution is -2.23. The Morgan fingerprint density at radius 2 is 2.19 bits per heavy atom. The van der Waals surface area contributed by atoms with Gasteiger partial charge in [-0.3, -0.25) is 0 Å². The molecule has 1 atom stereocenters. The molecule has 0 amide bonds. The molecule has 0 spiro atoms. The summed E-state index contributed by atoms with van der Waals surface area (Å²) in [7, 11) is 2.01. The molecule has 16 heavy (non-hydrogen) atoms. The Morgan fingerprint density at radius 1 is 1.44 bits per heavy atom. The van der Waals surface area contributed by atoms with Gasteiger partial charge in [0.1, 0.15) is 5.82 Å². The summed E-state index contributed by atoms with van der Waals surface area (Å²) in [6.07, 6.45) is 3.93. The minimum atomic E-state index is 0.360. The molecular formula is C12H23N3S. The van der Waals surface area contributed by atoms with Crippen LogP contribution in [0.1, 0.15) is 32.6 Å². The monoisotopic (exact) mass is 241 g/mol. The van der Waals surface area contributed by atoms with Gasteiger partial charge in [-0.05, 0) is 25.6 Å². The van der Waals surface area contributed by atoms with E-state index in [1.54, 1.807) is 0 Å². The number of hydrogen-bond acceptors (Lipinski definition) is 3. The van der Waals surface area contributed by atoms with E-state index in [1.807, 2.05) is 31.2 Å². The third-order valence-electron chi connectivity index (χ3n) is 2.48. The molecular weight excluding hydrogens is 218 g/mol. The van der Waals surface area contributed by atoms with Crippen LogP contribution in [0.4, 0.5) is 0 Å². The normalized spacial score (nSPS) is 13.3. The zero-order valence-electron chi connectivity index (χ0n) is 10.7. The van der Waals surface area contributed by atoms with Crippen molar-refractivity contribution >= 4 is 11.8 Å². The molecule has 1 heterocycles. The Kier molecular flexibility index (Phi) is 5.91. The van der Waals surface area contributed by atoms with Gasteiger partial charge in [0.2, 0.25) is 0 Å². The van der Waals surface area contributed by atoms with Crippen molar-refractivity contribution in [3.8, 4) is 0 Å². The van der Waals surface area contributed by atoms with E-state index in [0.717, 1.165) is 24.0 Å². The van der Waals surface area contributed by atoms with Crippen molar-refractivity contribution in [2.75, 3.05) is 18.6 Å². The second kappa shape index (κ2) is 6.97. The average molecular weight is 241 g/mol. The molecule has 3 nitrogen and oxygen atoms in total. The van der Waals surface area contributed by atoms with Gasteiger partial charge in [-0.25, -0.2) is 4.98 Å². The van der Waals surface area contributed by atoms with Gasteiger partial charge < -0.3 is 9.88 Å². The van der Waals surface area contributed by atoms with Gasteiger partial charge in [-0.1, -0.05) is 13.8 Å². The fourth-order valence-corrected chi connectivity index (χ4v) is 2.77. The summed E-state index contributed by atoms with van der Waals surface area (Å²) in [6, 6.07) is 0.360. The topological polar surface area (TPSA) is 29.9 Å². The van der Waals surface area contributed by atoms with E-state index in [0.29, 0.717) is 6.04 Å². The number of imidazole rings is 1. The molecule has 0 aliphatic rings. The smallest absolute Gasteiger partial charge is 0.126 e. The molecule has 0 aromatic carbocycles. The lowest BCUT2D eigenvalue weighted by atomic mass is 10.3. The highest BCUT2D eigenvalue weighted by Gasteiger charge is 2.14. The van der Waals surface area contributed by atoms with Crippen molar-refractivity contribution in [1.82, 2.24) is 14.9 Å². The molecule has 1 unspecified atom stereocenters. The maximum Gasteiger partial charge on any atom is 0.126 e. The van der Waals surface area contributed by atoms with Crippen LogP contribution in [-0.4, -0.2) is 28.1 Å². The van der Waals surface area contributed by atoms with Crippen molar-refractivity contribution in [3.05, 3.63) is 18.2 Å². The van der Waals surface area contributed by atoms with Gasteiger partial charge in [-0.2, -0.15) is 11.8 Å². The van der Waals surface area contributed by atoms with Gasteiger partial charge in [0.15, 0.2) is 0 Å². The van der Waals surface area contributed by atoms with Crippen LogP contribution in [0, 0.1) is 5.92 Å². The Bertz CT molecular complexity index is 296. The summed E-state index contributed by atoms with van der Waals surface area (Å²) in [5.41, 5.74) is 0. The predicted molar refractivity (Wildman–Crippen MR) is 71.9 cm³/mol. The second-order valence-corrected chi connectivity index (χ2v) is 5.42. The van der Waals surface area contributed by atoms with Gasteiger partial charge >= 0.3 is 0 Å². The molecule has 0 aliphatic heterocycles. The number of nitrogens with one attached hydrogen (secondary N) is 1. The lowest BCUT2D eigenvalue weighted by molar-refractivity contribution is 0.569. The predicted octanol–water partition coefficient (Wildman–Crippen LogP) is 2.55. The molecule has 0 saturated carbocycles. The fourth-order valence-electron chi connectivity index (χ4n) is 1.61. The van der Waals surface area contributed by atoms with Crippen LogP contribution in [0.2, 0.25) is 0 Å². The maximum atomic E-state index is 4.44. The first-order valence-electron chi connectivity index (χ1n) is 5.95. The Labute approximate surface area is 103 Å². The zero-order valence-corrected chi connectivity index (χ0v) is 11.5. The minimum Gasteiger partial charge on any atom is -0.334 e. The van der Waals surface area contributed by atoms with Gasteiger partial charge in [0, 0.05) is 24.7 Å². The summed E-state index contributed by atoms with van der Waals surface area (Å²) in [6.45, 7) is 7.66. The van der Waals surface area contributed by atoms with E-state index in [1.165, 1.54) is 5.75 Å². The third-order valence-corrected chi connectivity index (χ3v) is 3.96. The van der Waals surface area contributed by atoms with E-state index in [-0.39, 0.29) is 0 Å². The minimum absolute atomic E-state index is 0.360. The average Bonchev–Trinajstić information content (AvgIpc) is 2.72. The van der Waals surface area contributed by atoms with Crippen LogP contribution in [0.5, 0.6) is 0 Å². The fraction of sp³-hybridized carbons (Fsp3) is 0.750. The first kappa shape index (κ1) is 13.6. The van der Waals surface area contributed by atoms with E-state index in [9.17, 15) is 0 Å². The molecule has 0 fully saturated rings. The van der Waals surface area contributed by atoms with E-state index >= 15 is 0 Å². The van der Waals surface area contributed by atoms with Crippen LogP contribution >= 0.6 is 11.8 Å². The summed E-state index contributed by atoms with van der Waals surface area (Å²) >= 11 is 2.00. The molecule has 1 aromatic rings. The highest BCUT2D eigenvalue weighted by atomic mass is 32.2. The van der Waals surface area contributed by atoms with Gasteiger partial charge in [0.05, 0.1) is 6.04 Å². The largest absolute Gasteiger partial charge is 0.334 e. The quantitative estimate of drug-likeness (QED) is 0.795. The number of aryl methyl sites for hydroxylation is 1. The summed E-state index contributed by atoms with van der Waals surface area (Å²) in [5.74, 6) is 4.21. The van der Waals surface area contributed by atoms with E-state index < -0.39 is 0 Å². The van der Waals surface area contributed by atoms with E-state index in [2.05, 4.69) is 35.6 Å². The highest BCUT2D eigenvalue weighted by Crippen LogP contribution is 2.18. The van der Waals surface area contributed by atoms with Crippen molar-refractivity contribution < 1.29 is 0 Å². The van der Waals surface area contributed by atoms with Crippen molar-refractivity contribution in [2.24, 2.45) is 5.92 Å². The number of rotatable bonds is 7. The first-order valence-corrected chi connectivity index (χ1v) is 7.10. The summed E-state index contributed by atoms with van der Waals surface area (Å²) in [5, 5.41) is 3.35. The van der Waals surface area contributed by atoms with Crippen molar-refractivity contribution in [2.45, 2.75) is 33.4 Å². The number of hydrogen-bond donors (Lipinski definition) is 1. The van der Waals surface area contributed by atoms with Crippen LogP contribution in [0.15, 0.2) is 12.4 Å². The molecule has 0 saturated heterocycles. The SMILES string of the molecule is CCn1ccnc1C(CSCC(C)C)NC. The molecule has 0 bridgehead atoms. The lowest BCUT2D eigenvalue weighted by Gasteiger charge is -2.17. The number of aromatic nitrogens is 2. The number of thioether (sulfide) groups is 1. The molecule has 1 N–H and O–H groups in total. The summed E-state index contributed by atoms with van der Waals surface area (Å²) in [4.78, 5) is 4.44. The second-order valence-electron chi connectivity index (χ2n) is 4.34. The Morgan fingerprint density at radius 3 is 2.75 bits per heavy atom. The van der Waals surface area contributed by atoms with E-state index in [4.69, 9.17) is 0 Å². The molecule has 0 aliphatic carbocycles. The molecule has 1 aromatic heterocycles. The highest BCUT2D eigenvalue weighted by molar-refractivity contribution is 7.99. The summed E-state index contributed by atoms with van der Waals surface area (Å²) < 4.78 is 2.21. The van der Waals surface area contributed by atoms with Crippen molar-refractivity contribution in [3.63, 3.8) is 0 Å². The van der Waals surface area contributed by atoms with Crippen molar-refractivity contribution in [1.29, 1.82) is 0 Å². The van der Waals surface area contributed by atoms with Crippen LogP contribution in [-0.2, 0) is 6.54 Å². The zero-order chi connectivity index (χ0) is 12.0. The van der Waals surface area contributed by atoms with Gasteiger partial charge in [0.25, 0.3) is 0 Å². The molecule has 1 rings (SSSR count). The first-order chi connectivity index (χ1) is 7.69. The van der Waals surface area contributed by atoms with Gasteiger partial charge in [-0.15, -0.1) is 0 Å². The van der Waals surface area contributed by atoms with Crippen LogP contribution < -0.4 is 5.32 Å². The standard InChI is InChI=1S/C12H23N3S/c1-5-15-7-6-14-12(15)11(13-4)9-16-8-10(2)3/h6-7,10-11,13H,5,8-9H2,1-4H3. The van der Waals surface area contributed by atoms with Crippen LogP contribution in [0.25, 0.3) is 0 Å². The molecule has 4 heteroatoms.